The number of nitrogens with one attached hydrogen (secondary N) is 1. The summed E-state index contributed by atoms with van der Waals surface area (Å²) >= 11 is 0. The van der Waals surface area contributed by atoms with E-state index in [1.54, 1.807) is 24.3 Å². The van der Waals surface area contributed by atoms with Crippen molar-refractivity contribution in [3.05, 3.63) is 29.8 Å². The number of para-hydroxylation sites is 1. The third-order valence-electron chi connectivity index (χ3n) is 2.70. The highest BCUT2D eigenvalue weighted by Gasteiger charge is 2.26. The number of nitrogens with two attached hydrogens (primary N) is 1. The zero-order valence-corrected chi connectivity index (χ0v) is 9.68. The number of piperazine rings is 1. The van der Waals surface area contributed by atoms with Crippen LogP contribution in [0.5, 0.6) is 0 Å². The predicted octanol–water partition coefficient (Wildman–Crippen LogP) is -0.704. The fraction of sp³-hybridized carbons (Fsp3) is 0.250. The lowest BCUT2D eigenvalue weighted by atomic mass is 10.1. The van der Waals surface area contributed by atoms with E-state index in [-0.39, 0.29) is 25.4 Å². The summed E-state index contributed by atoms with van der Waals surface area (Å²) < 4.78 is 0. The summed E-state index contributed by atoms with van der Waals surface area (Å²) in [5.41, 5.74) is 6.96. The summed E-state index contributed by atoms with van der Waals surface area (Å²) in [7, 11) is 0. The molecule has 3 N–H and O–H groups in total. The Bertz CT molecular complexity index is 497. The molecule has 6 heteroatoms. The Morgan fingerprint density at radius 1 is 1.22 bits per heavy atom. The Morgan fingerprint density at radius 3 is 2.44 bits per heavy atom. The lowest BCUT2D eigenvalue weighted by Gasteiger charge is -2.25. The first-order valence-electron chi connectivity index (χ1n) is 5.50. The van der Waals surface area contributed by atoms with Gasteiger partial charge in [-0.15, -0.1) is 0 Å². The van der Waals surface area contributed by atoms with E-state index in [0.717, 1.165) is 0 Å². The molecule has 0 bridgehead atoms. The van der Waals surface area contributed by atoms with Crippen LogP contribution in [0.2, 0.25) is 0 Å². The molecular formula is C12H13N3O3. The van der Waals surface area contributed by atoms with Gasteiger partial charge in [0.15, 0.2) is 0 Å². The predicted molar refractivity (Wildman–Crippen MR) is 64.3 cm³/mol. The van der Waals surface area contributed by atoms with Crippen molar-refractivity contribution in [1.29, 1.82) is 0 Å². The minimum Gasteiger partial charge on any atom is -0.398 e. The average molecular weight is 247 g/mol. The quantitative estimate of drug-likeness (QED) is 0.533. The number of rotatable bonds is 2. The van der Waals surface area contributed by atoms with E-state index in [9.17, 15) is 14.4 Å². The topological polar surface area (TPSA) is 92.5 Å². The summed E-state index contributed by atoms with van der Waals surface area (Å²) in [5.74, 6) is -1.20. The third kappa shape index (κ3) is 2.65. The van der Waals surface area contributed by atoms with Crippen molar-refractivity contribution in [2.75, 3.05) is 18.8 Å². The van der Waals surface area contributed by atoms with Crippen molar-refractivity contribution in [2.24, 2.45) is 0 Å². The van der Waals surface area contributed by atoms with E-state index >= 15 is 0 Å². The van der Waals surface area contributed by atoms with Crippen molar-refractivity contribution in [1.82, 2.24) is 10.2 Å². The van der Waals surface area contributed by atoms with Crippen molar-refractivity contribution < 1.29 is 14.4 Å². The second-order valence-electron chi connectivity index (χ2n) is 4.10. The highest BCUT2D eigenvalue weighted by molar-refractivity contribution is 6.02. The number of imide groups is 1. The Balaban J connectivity index is 2.06. The molecule has 0 saturated carbocycles. The molecule has 3 amide bonds. The second-order valence-corrected chi connectivity index (χ2v) is 4.10. The van der Waals surface area contributed by atoms with Crippen LogP contribution >= 0.6 is 0 Å². The largest absolute Gasteiger partial charge is 0.398 e. The van der Waals surface area contributed by atoms with Crippen LogP contribution in [0.4, 0.5) is 5.69 Å². The van der Waals surface area contributed by atoms with E-state index in [0.29, 0.717) is 11.3 Å². The van der Waals surface area contributed by atoms with Crippen molar-refractivity contribution in [3.8, 4) is 0 Å². The number of nitrogen functional groups attached to an aromatic ring is 1. The monoisotopic (exact) mass is 247 g/mol. The van der Waals surface area contributed by atoms with E-state index in [2.05, 4.69) is 5.32 Å². The number of hydrogen-bond acceptors (Lipinski definition) is 4. The van der Waals surface area contributed by atoms with Crippen LogP contribution in [0.15, 0.2) is 24.3 Å². The van der Waals surface area contributed by atoms with Crippen LogP contribution in [-0.4, -0.2) is 35.7 Å². The van der Waals surface area contributed by atoms with Crippen LogP contribution in [0.1, 0.15) is 5.56 Å². The van der Waals surface area contributed by atoms with Crippen LogP contribution < -0.4 is 11.1 Å². The summed E-state index contributed by atoms with van der Waals surface area (Å²) in [6.45, 7) is -0.172. The molecule has 94 valence electrons. The Labute approximate surface area is 104 Å². The molecule has 1 aromatic carbocycles. The standard InChI is InChI=1S/C12H13N3O3/c13-9-4-2-1-3-8(9)5-12(18)15-6-10(16)14-11(17)7-15/h1-4H,5-7,13H2,(H,14,16,17). The molecule has 1 aromatic rings. The van der Waals surface area contributed by atoms with Crippen LogP contribution in [0.25, 0.3) is 0 Å². The molecule has 1 fully saturated rings. The molecule has 0 radical (unpaired) electrons. The lowest BCUT2D eigenvalue weighted by Crippen LogP contribution is -2.53. The minimum atomic E-state index is -0.458. The average Bonchev–Trinajstić information content (AvgIpc) is 2.31. The highest BCUT2D eigenvalue weighted by Crippen LogP contribution is 2.12. The molecule has 0 unspecified atom stereocenters. The molecule has 1 aliphatic heterocycles. The van der Waals surface area contributed by atoms with Crippen molar-refractivity contribution in [3.63, 3.8) is 0 Å². The second kappa shape index (κ2) is 4.87. The first-order valence-corrected chi connectivity index (χ1v) is 5.50. The minimum absolute atomic E-state index is 0.0860. The molecule has 0 spiro atoms. The normalized spacial score (nSPS) is 15.4. The number of carbonyl (C=O) groups excluding carboxylic acids is 3. The molecular weight excluding hydrogens is 234 g/mol. The van der Waals surface area contributed by atoms with Gasteiger partial charge in [0.2, 0.25) is 17.7 Å². The van der Waals surface area contributed by atoms with Gasteiger partial charge in [0.1, 0.15) is 13.1 Å². The lowest BCUT2D eigenvalue weighted by molar-refractivity contribution is -0.145. The number of carbonyl (C=O) groups is 3. The van der Waals surface area contributed by atoms with E-state index < -0.39 is 11.8 Å². The van der Waals surface area contributed by atoms with Gasteiger partial charge in [-0.05, 0) is 11.6 Å². The fourth-order valence-electron chi connectivity index (χ4n) is 1.78. The number of amides is 3. The van der Waals surface area contributed by atoms with Gasteiger partial charge in [-0.2, -0.15) is 0 Å². The van der Waals surface area contributed by atoms with Crippen LogP contribution in [0.3, 0.4) is 0 Å². The maximum absolute atomic E-state index is 11.9. The van der Waals surface area contributed by atoms with Crippen molar-refractivity contribution >= 4 is 23.4 Å². The highest BCUT2D eigenvalue weighted by atomic mass is 16.2. The summed E-state index contributed by atoms with van der Waals surface area (Å²) in [6, 6.07) is 7.02. The summed E-state index contributed by atoms with van der Waals surface area (Å²) in [6.07, 6.45) is 0.0905. The van der Waals surface area contributed by atoms with Gasteiger partial charge >= 0.3 is 0 Å². The first kappa shape index (κ1) is 12.1. The van der Waals surface area contributed by atoms with Crippen LogP contribution in [-0.2, 0) is 20.8 Å². The Morgan fingerprint density at radius 2 is 1.83 bits per heavy atom. The Kier molecular flexibility index (Phi) is 3.27. The van der Waals surface area contributed by atoms with E-state index in [4.69, 9.17) is 5.73 Å². The number of nitrogens with zero attached hydrogens (tertiary/aromatic N) is 1. The molecule has 1 heterocycles. The molecule has 1 aliphatic rings. The van der Waals surface area contributed by atoms with Gasteiger partial charge in [0, 0.05) is 5.69 Å². The van der Waals surface area contributed by atoms with Gasteiger partial charge in [0.25, 0.3) is 0 Å². The fourth-order valence-corrected chi connectivity index (χ4v) is 1.78. The van der Waals surface area contributed by atoms with Gasteiger partial charge in [0.05, 0.1) is 6.42 Å². The maximum atomic E-state index is 11.9. The summed E-state index contributed by atoms with van der Waals surface area (Å²) in [5, 5.41) is 2.14. The van der Waals surface area contributed by atoms with Crippen LogP contribution in [0, 0.1) is 0 Å². The molecule has 2 rings (SSSR count). The SMILES string of the molecule is Nc1ccccc1CC(=O)N1CC(=O)NC(=O)C1. The van der Waals surface area contributed by atoms with Gasteiger partial charge in [-0.3, -0.25) is 19.7 Å². The summed E-state index contributed by atoms with van der Waals surface area (Å²) in [4.78, 5) is 35.5. The number of benzene rings is 1. The van der Waals surface area contributed by atoms with E-state index in [1.165, 1.54) is 4.90 Å². The zero-order chi connectivity index (χ0) is 13.1. The number of anilines is 1. The number of hydrogen-bond donors (Lipinski definition) is 2. The molecule has 0 atom stereocenters. The van der Waals surface area contributed by atoms with Gasteiger partial charge in [-0.25, -0.2) is 0 Å². The molecule has 0 aliphatic carbocycles. The van der Waals surface area contributed by atoms with E-state index in [1.807, 2.05) is 0 Å². The van der Waals surface area contributed by atoms with Crippen molar-refractivity contribution in [2.45, 2.75) is 6.42 Å². The zero-order valence-electron chi connectivity index (χ0n) is 9.68. The molecule has 1 saturated heterocycles. The first-order chi connectivity index (χ1) is 8.56. The maximum Gasteiger partial charge on any atom is 0.246 e. The third-order valence-corrected chi connectivity index (χ3v) is 2.70. The smallest absolute Gasteiger partial charge is 0.246 e. The molecule has 18 heavy (non-hydrogen) atoms. The molecule has 6 nitrogen and oxygen atoms in total. The van der Waals surface area contributed by atoms with Gasteiger partial charge in [-0.1, -0.05) is 18.2 Å². The Hall–Kier alpha value is -2.37. The van der Waals surface area contributed by atoms with Gasteiger partial charge < -0.3 is 10.6 Å². The molecule has 0 aromatic heterocycles.